The number of rotatable bonds is 6. The molecule has 3 heteroatoms. The van der Waals surface area contributed by atoms with Crippen LogP contribution in [0.1, 0.15) is 68.2 Å². The van der Waals surface area contributed by atoms with E-state index in [-0.39, 0.29) is 5.82 Å². The van der Waals surface area contributed by atoms with Crippen molar-refractivity contribution < 1.29 is 14.2 Å². The molecule has 27 heavy (non-hydrogen) atoms. The van der Waals surface area contributed by atoms with Crippen LogP contribution in [0.5, 0.6) is 5.75 Å². The van der Waals surface area contributed by atoms with Gasteiger partial charge in [-0.25, -0.2) is 4.39 Å². The van der Waals surface area contributed by atoms with Gasteiger partial charge in [-0.2, -0.15) is 0 Å². The summed E-state index contributed by atoms with van der Waals surface area (Å²) >= 11 is 0. The smallest absolute Gasteiger partial charge is 0.126 e. The molecule has 2 aromatic carbocycles. The van der Waals surface area contributed by atoms with Crippen LogP contribution in [-0.4, -0.2) is 17.3 Å². The molecule has 2 aromatic rings. The van der Waals surface area contributed by atoms with E-state index in [0.717, 1.165) is 41.7 Å². The lowest BCUT2D eigenvalue weighted by Gasteiger charge is -2.19. The lowest BCUT2D eigenvalue weighted by Crippen LogP contribution is -2.21. The Morgan fingerprint density at radius 3 is 2.44 bits per heavy atom. The molecule has 0 saturated heterocycles. The quantitative estimate of drug-likeness (QED) is 0.667. The maximum absolute atomic E-state index is 14.5. The van der Waals surface area contributed by atoms with E-state index < -0.39 is 5.60 Å². The number of aryl methyl sites for hydroxylation is 2. The summed E-state index contributed by atoms with van der Waals surface area (Å²) in [6.45, 7) is 10.4. The van der Waals surface area contributed by atoms with E-state index >= 15 is 0 Å². The molecular formula is C24H31FO2. The monoisotopic (exact) mass is 370 g/mol. The first-order chi connectivity index (χ1) is 12.7. The fourth-order valence-electron chi connectivity index (χ4n) is 4.30. The van der Waals surface area contributed by atoms with Gasteiger partial charge in [-0.05, 0) is 104 Å². The predicted octanol–water partition coefficient (Wildman–Crippen LogP) is 6.09. The van der Waals surface area contributed by atoms with Crippen LogP contribution in [0, 0.1) is 19.7 Å². The van der Waals surface area contributed by atoms with E-state index in [4.69, 9.17) is 4.74 Å². The SMILES string of the molecule is CCC1CCc2c(-c3c(C)cc(OCCC(C)(C)O)cc3C)ccc(F)c21. The van der Waals surface area contributed by atoms with Crippen LogP contribution in [0.2, 0.25) is 0 Å². The molecule has 1 N–H and O–H groups in total. The van der Waals surface area contributed by atoms with Gasteiger partial charge in [-0.15, -0.1) is 0 Å². The summed E-state index contributed by atoms with van der Waals surface area (Å²) in [4.78, 5) is 0. The van der Waals surface area contributed by atoms with Gasteiger partial charge in [0.25, 0.3) is 0 Å². The second-order valence-electron chi connectivity index (χ2n) is 8.47. The molecule has 1 unspecified atom stereocenters. The Hall–Kier alpha value is -1.87. The number of hydrogen-bond donors (Lipinski definition) is 1. The highest BCUT2D eigenvalue weighted by molar-refractivity contribution is 5.76. The molecule has 1 aliphatic rings. The second-order valence-corrected chi connectivity index (χ2v) is 8.47. The van der Waals surface area contributed by atoms with E-state index in [1.165, 1.54) is 16.7 Å². The van der Waals surface area contributed by atoms with Crippen LogP contribution in [0.15, 0.2) is 24.3 Å². The molecule has 1 aliphatic carbocycles. The fourth-order valence-corrected chi connectivity index (χ4v) is 4.30. The highest BCUT2D eigenvalue weighted by Crippen LogP contribution is 2.44. The Balaban J connectivity index is 1.94. The molecule has 0 bridgehead atoms. The van der Waals surface area contributed by atoms with Gasteiger partial charge in [0.2, 0.25) is 0 Å². The minimum absolute atomic E-state index is 0.0556. The summed E-state index contributed by atoms with van der Waals surface area (Å²) in [5.74, 6) is 1.10. The molecule has 0 heterocycles. The Bertz CT molecular complexity index is 810. The highest BCUT2D eigenvalue weighted by Gasteiger charge is 2.28. The Morgan fingerprint density at radius 2 is 1.85 bits per heavy atom. The molecule has 0 aliphatic heterocycles. The number of benzene rings is 2. The first-order valence-corrected chi connectivity index (χ1v) is 9.99. The third-order valence-electron chi connectivity index (χ3n) is 5.71. The molecule has 2 nitrogen and oxygen atoms in total. The van der Waals surface area contributed by atoms with Crippen molar-refractivity contribution in [1.82, 2.24) is 0 Å². The number of hydrogen-bond acceptors (Lipinski definition) is 2. The molecule has 0 amide bonds. The summed E-state index contributed by atoms with van der Waals surface area (Å²) in [5, 5.41) is 9.84. The minimum Gasteiger partial charge on any atom is -0.493 e. The van der Waals surface area contributed by atoms with E-state index in [9.17, 15) is 9.50 Å². The van der Waals surface area contributed by atoms with Crippen molar-refractivity contribution in [2.45, 2.75) is 71.8 Å². The Labute approximate surface area is 162 Å². The topological polar surface area (TPSA) is 29.5 Å². The average molecular weight is 371 g/mol. The maximum atomic E-state index is 14.5. The zero-order valence-electron chi connectivity index (χ0n) is 17.2. The predicted molar refractivity (Wildman–Crippen MR) is 109 cm³/mol. The van der Waals surface area contributed by atoms with Crippen molar-refractivity contribution >= 4 is 0 Å². The van der Waals surface area contributed by atoms with Crippen LogP contribution in [0.25, 0.3) is 11.1 Å². The Morgan fingerprint density at radius 1 is 1.19 bits per heavy atom. The summed E-state index contributed by atoms with van der Waals surface area (Å²) < 4.78 is 20.3. The lowest BCUT2D eigenvalue weighted by molar-refractivity contribution is 0.0553. The first kappa shape index (κ1) is 19.9. The molecule has 0 spiro atoms. The minimum atomic E-state index is -0.728. The number of fused-ring (bicyclic) bond motifs is 1. The Kier molecular flexibility index (Phi) is 5.62. The van der Waals surface area contributed by atoms with Gasteiger partial charge < -0.3 is 9.84 Å². The molecule has 1 atom stereocenters. The molecule has 0 aromatic heterocycles. The molecule has 3 rings (SSSR count). The van der Waals surface area contributed by atoms with E-state index in [2.05, 4.69) is 32.9 Å². The van der Waals surface area contributed by atoms with Crippen molar-refractivity contribution in [2.75, 3.05) is 6.61 Å². The van der Waals surface area contributed by atoms with Crippen LogP contribution in [0.3, 0.4) is 0 Å². The van der Waals surface area contributed by atoms with Gasteiger partial charge >= 0.3 is 0 Å². The van der Waals surface area contributed by atoms with E-state index in [0.29, 0.717) is 18.9 Å². The van der Waals surface area contributed by atoms with Gasteiger partial charge in [-0.1, -0.05) is 13.0 Å². The second kappa shape index (κ2) is 7.63. The van der Waals surface area contributed by atoms with Crippen LogP contribution in [0.4, 0.5) is 4.39 Å². The third-order valence-corrected chi connectivity index (χ3v) is 5.71. The maximum Gasteiger partial charge on any atom is 0.126 e. The molecule has 0 radical (unpaired) electrons. The molecule has 146 valence electrons. The normalized spacial score (nSPS) is 16.5. The zero-order chi connectivity index (χ0) is 19.8. The zero-order valence-corrected chi connectivity index (χ0v) is 17.2. The highest BCUT2D eigenvalue weighted by atomic mass is 19.1. The van der Waals surface area contributed by atoms with E-state index in [1.807, 2.05) is 6.07 Å². The van der Waals surface area contributed by atoms with Gasteiger partial charge in [0.05, 0.1) is 12.2 Å². The van der Waals surface area contributed by atoms with Crippen molar-refractivity contribution in [3.63, 3.8) is 0 Å². The average Bonchev–Trinajstić information content (AvgIpc) is 3.00. The number of halogens is 1. The van der Waals surface area contributed by atoms with Crippen molar-refractivity contribution in [2.24, 2.45) is 0 Å². The standard InChI is InChI=1S/C24H31FO2/c1-6-17-7-8-20-19(9-10-21(25)23(17)20)22-15(2)13-18(14-16(22)3)27-12-11-24(4,5)26/h9-10,13-14,17,26H,6-8,11-12H2,1-5H3. The van der Waals surface area contributed by atoms with Gasteiger partial charge in [0.15, 0.2) is 0 Å². The summed E-state index contributed by atoms with van der Waals surface area (Å²) in [5.41, 5.74) is 6.03. The van der Waals surface area contributed by atoms with Crippen molar-refractivity contribution in [1.29, 1.82) is 0 Å². The lowest BCUT2D eigenvalue weighted by atomic mass is 9.89. The van der Waals surface area contributed by atoms with Crippen LogP contribution in [-0.2, 0) is 6.42 Å². The third kappa shape index (κ3) is 4.19. The summed E-state index contributed by atoms with van der Waals surface area (Å²) in [6.07, 6.45) is 3.55. The molecule has 0 fully saturated rings. The van der Waals surface area contributed by atoms with Crippen molar-refractivity contribution in [3.8, 4) is 16.9 Å². The van der Waals surface area contributed by atoms with E-state index in [1.54, 1.807) is 19.9 Å². The molecular weight excluding hydrogens is 339 g/mol. The van der Waals surface area contributed by atoms with Gasteiger partial charge in [0, 0.05) is 6.42 Å². The van der Waals surface area contributed by atoms with Crippen LogP contribution >= 0.6 is 0 Å². The van der Waals surface area contributed by atoms with Gasteiger partial charge in [0.1, 0.15) is 11.6 Å². The summed E-state index contributed by atoms with van der Waals surface area (Å²) in [7, 11) is 0. The van der Waals surface area contributed by atoms with Gasteiger partial charge in [-0.3, -0.25) is 0 Å². The summed E-state index contributed by atoms with van der Waals surface area (Å²) in [6, 6.07) is 7.68. The number of aliphatic hydroxyl groups is 1. The number of ether oxygens (including phenoxy) is 1. The first-order valence-electron chi connectivity index (χ1n) is 9.99. The molecule has 0 saturated carbocycles. The fraction of sp³-hybridized carbons (Fsp3) is 0.500. The largest absolute Gasteiger partial charge is 0.493 e. The van der Waals surface area contributed by atoms with Crippen LogP contribution < -0.4 is 4.74 Å². The van der Waals surface area contributed by atoms with Crippen molar-refractivity contribution in [3.05, 3.63) is 52.3 Å².